The molecule has 2 amide bonds. The van der Waals surface area contributed by atoms with Gasteiger partial charge in [-0.1, -0.05) is 0 Å². The van der Waals surface area contributed by atoms with E-state index in [0.717, 1.165) is 31.0 Å². The largest absolute Gasteiger partial charge is 0.345 e. The molecule has 1 saturated carbocycles. The monoisotopic (exact) mass is 308 g/mol. The molecule has 1 aliphatic heterocycles. The second-order valence-corrected chi connectivity index (χ2v) is 6.03. The molecule has 0 radical (unpaired) electrons. The molecule has 1 N–H and O–H groups in total. The quantitative estimate of drug-likeness (QED) is 0.926. The summed E-state index contributed by atoms with van der Waals surface area (Å²) in [6.07, 6.45) is 3.37. The van der Waals surface area contributed by atoms with Crippen LogP contribution in [0.4, 0.5) is 8.78 Å². The molecule has 2 aliphatic rings. The number of rotatable bonds is 4. The number of hydrogen-bond acceptors (Lipinski definition) is 2. The molecule has 1 saturated heterocycles. The van der Waals surface area contributed by atoms with Gasteiger partial charge < -0.3 is 10.2 Å². The molecule has 0 unspecified atom stereocenters. The van der Waals surface area contributed by atoms with Crippen LogP contribution >= 0.6 is 0 Å². The van der Waals surface area contributed by atoms with Crippen LogP contribution in [0.25, 0.3) is 0 Å². The van der Waals surface area contributed by atoms with Crippen molar-refractivity contribution >= 4 is 11.8 Å². The third-order valence-corrected chi connectivity index (χ3v) is 4.33. The van der Waals surface area contributed by atoms with Gasteiger partial charge in [-0.05, 0) is 43.9 Å². The minimum Gasteiger partial charge on any atom is -0.345 e. The fourth-order valence-corrected chi connectivity index (χ4v) is 2.96. The summed E-state index contributed by atoms with van der Waals surface area (Å²) < 4.78 is 27.2. The molecule has 1 heterocycles. The molecule has 4 nitrogen and oxygen atoms in total. The molecule has 6 heteroatoms. The van der Waals surface area contributed by atoms with Gasteiger partial charge in [-0.15, -0.1) is 0 Å². The number of piperidine rings is 1. The Labute approximate surface area is 127 Å². The Morgan fingerprint density at radius 3 is 2.73 bits per heavy atom. The van der Waals surface area contributed by atoms with Crippen molar-refractivity contribution in [2.45, 2.75) is 37.6 Å². The number of benzene rings is 1. The molecule has 0 spiro atoms. The first-order chi connectivity index (χ1) is 10.5. The van der Waals surface area contributed by atoms with E-state index >= 15 is 0 Å². The third-order valence-electron chi connectivity index (χ3n) is 4.33. The van der Waals surface area contributed by atoms with Crippen LogP contribution in [-0.4, -0.2) is 29.8 Å². The summed E-state index contributed by atoms with van der Waals surface area (Å²) in [5.41, 5.74) is -0.631. The number of halogens is 2. The van der Waals surface area contributed by atoms with Crippen molar-refractivity contribution in [3.63, 3.8) is 0 Å². The number of nitrogens with one attached hydrogen (secondary N) is 1. The molecule has 1 aliphatic carbocycles. The summed E-state index contributed by atoms with van der Waals surface area (Å²) in [5.74, 6) is -1.39. The summed E-state index contributed by atoms with van der Waals surface area (Å²) >= 11 is 0. The first-order valence-electron chi connectivity index (χ1n) is 7.54. The second kappa shape index (κ2) is 5.66. The van der Waals surface area contributed by atoms with Gasteiger partial charge in [0.25, 0.3) is 0 Å². The molecule has 0 aromatic heterocycles. The molecule has 2 fully saturated rings. The predicted molar refractivity (Wildman–Crippen MR) is 75.8 cm³/mol. The van der Waals surface area contributed by atoms with Crippen LogP contribution in [0, 0.1) is 11.6 Å². The molecule has 22 heavy (non-hydrogen) atoms. The molecular weight excluding hydrogens is 290 g/mol. The van der Waals surface area contributed by atoms with Crippen molar-refractivity contribution in [3.05, 3.63) is 35.4 Å². The normalized spacial score (nSPS) is 19.9. The molecule has 1 aromatic rings. The van der Waals surface area contributed by atoms with Gasteiger partial charge in [-0.2, -0.15) is 0 Å². The SMILES string of the molecule is O=C(CN1CCCCC1=O)NC1(c2cc(F)ccc2F)CC1. The van der Waals surface area contributed by atoms with Crippen molar-refractivity contribution in [1.29, 1.82) is 0 Å². The van der Waals surface area contributed by atoms with Crippen molar-refractivity contribution in [2.24, 2.45) is 0 Å². The lowest BCUT2D eigenvalue weighted by atomic mass is 10.0. The van der Waals surface area contributed by atoms with Gasteiger partial charge in [0.15, 0.2) is 0 Å². The maximum absolute atomic E-state index is 13.9. The number of hydrogen-bond donors (Lipinski definition) is 1. The molecule has 1 aromatic carbocycles. The first-order valence-corrected chi connectivity index (χ1v) is 7.54. The number of carbonyl (C=O) groups is 2. The van der Waals surface area contributed by atoms with Crippen LogP contribution in [0.3, 0.4) is 0 Å². The molecule has 3 rings (SSSR count). The Morgan fingerprint density at radius 1 is 1.27 bits per heavy atom. The lowest BCUT2D eigenvalue weighted by Gasteiger charge is -2.27. The number of carbonyl (C=O) groups excluding carboxylic acids is 2. The van der Waals surface area contributed by atoms with Crippen LogP contribution in [-0.2, 0) is 15.1 Å². The standard InChI is InChI=1S/C16H18F2N2O2/c17-11-4-5-13(18)12(9-11)16(6-7-16)19-14(21)10-20-8-2-1-3-15(20)22/h4-5,9H,1-3,6-8,10H2,(H,19,21). The summed E-state index contributed by atoms with van der Waals surface area (Å²) in [7, 11) is 0. The van der Waals surface area contributed by atoms with E-state index in [1.807, 2.05) is 0 Å². The zero-order valence-corrected chi connectivity index (χ0v) is 12.2. The molecule has 118 valence electrons. The Bertz CT molecular complexity index is 614. The van der Waals surface area contributed by atoms with E-state index < -0.39 is 17.2 Å². The Hall–Kier alpha value is -1.98. The maximum atomic E-state index is 13.9. The summed E-state index contributed by atoms with van der Waals surface area (Å²) in [6, 6.07) is 3.27. The highest BCUT2D eigenvalue weighted by molar-refractivity contribution is 5.85. The van der Waals surface area contributed by atoms with Crippen molar-refractivity contribution < 1.29 is 18.4 Å². The van der Waals surface area contributed by atoms with Gasteiger partial charge in [0.1, 0.15) is 11.6 Å². The van der Waals surface area contributed by atoms with E-state index in [2.05, 4.69) is 5.32 Å². The highest BCUT2D eigenvalue weighted by Crippen LogP contribution is 2.46. The third kappa shape index (κ3) is 2.96. The molecule has 0 bridgehead atoms. The smallest absolute Gasteiger partial charge is 0.240 e. The number of nitrogens with zero attached hydrogens (tertiary/aromatic N) is 1. The van der Waals surface area contributed by atoms with E-state index in [0.29, 0.717) is 25.8 Å². The minimum atomic E-state index is -0.817. The first kappa shape index (κ1) is 14.9. The number of likely N-dealkylation sites (tertiary alicyclic amines) is 1. The lowest BCUT2D eigenvalue weighted by Crippen LogP contribution is -2.46. The van der Waals surface area contributed by atoms with Gasteiger partial charge in [-0.3, -0.25) is 9.59 Å². The highest BCUT2D eigenvalue weighted by atomic mass is 19.1. The van der Waals surface area contributed by atoms with Gasteiger partial charge in [0.05, 0.1) is 12.1 Å². The summed E-state index contributed by atoms with van der Waals surface area (Å²) in [4.78, 5) is 25.4. The molecule has 0 atom stereocenters. The second-order valence-electron chi connectivity index (χ2n) is 6.03. The van der Waals surface area contributed by atoms with E-state index in [1.54, 1.807) is 0 Å². The zero-order valence-electron chi connectivity index (χ0n) is 12.2. The minimum absolute atomic E-state index is 0.0164. The van der Waals surface area contributed by atoms with E-state index in [4.69, 9.17) is 0 Å². The van der Waals surface area contributed by atoms with E-state index in [1.165, 1.54) is 4.90 Å². The van der Waals surface area contributed by atoms with E-state index in [-0.39, 0.29) is 23.9 Å². The average Bonchev–Trinajstić information content (AvgIpc) is 3.24. The predicted octanol–water partition coefficient (Wildman–Crippen LogP) is 2.08. The van der Waals surface area contributed by atoms with Crippen molar-refractivity contribution in [2.75, 3.05) is 13.1 Å². The van der Waals surface area contributed by atoms with E-state index in [9.17, 15) is 18.4 Å². The van der Waals surface area contributed by atoms with Gasteiger partial charge >= 0.3 is 0 Å². The summed E-state index contributed by atoms with van der Waals surface area (Å²) in [6.45, 7) is 0.561. The maximum Gasteiger partial charge on any atom is 0.240 e. The van der Waals surface area contributed by atoms with Crippen LogP contribution in [0.2, 0.25) is 0 Å². The highest BCUT2D eigenvalue weighted by Gasteiger charge is 2.47. The van der Waals surface area contributed by atoms with Crippen LogP contribution in [0.15, 0.2) is 18.2 Å². The van der Waals surface area contributed by atoms with Gasteiger partial charge in [0.2, 0.25) is 11.8 Å². The Morgan fingerprint density at radius 2 is 2.05 bits per heavy atom. The fraction of sp³-hybridized carbons (Fsp3) is 0.500. The van der Waals surface area contributed by atoms with Gasteiger partial charge in [-0.25, -0.2) is 8.78 Å². The van der Waals surface area contributed by atoms with Crippen LogP contribution < -0.4 is 5.32 Å². The Balaban J connectivity index is 1.68. The summed E-state index contributed by atoms with van der Waals surface area (Å²) in [5, 5.41) is 2.78. The van der Waals surface area contributed by atoms with Crippen LogP contribution in [0.1, 0.15) is 37.7 Å². The van der Waals surface area contributed by atoms with Crippen molar-refractivity contribution in [3.8, 4) is 0 Å². The number of amides is 2. The lowest BCUT2D eigenvalue weighted by molar-refractivity contribution is -0.138. The topological polar surface area (TPSA) is 49.4 Å². The Kier molecular flexibility index (Phi) is 3.85. The van der Waals surface area contributed by atoms with Crippen LogP contribution in [0.5, 0.6) is 0 Å². The average molecular weight is 308 g/mol. The zero-order chi connectivity index (χ0) is 15.7. The van der Waals surface area contributed by atoms with Crippen molar-refractivity contribution in [1.82, 2.24) is 10.2 Å². The fourth-order valence-electron chi connectivity index (χ4n) is 2.96. The van der Waals surface area contributed by atoms with Gasteiger partial charge in [0, 0.05) is 18.5 Å². The molecular formula is C16H18F2N2O2.